The van der Waals surface area contributed by atoms with E-state index >= 15 is 0 Å². The van der Waals surface area contributed by atoms with Crippen LogP contribution in [0, 0.1) is 6.92 Å². The summed E-state index contributed by atoms with van der Waals surface area (Å²) < 4.78 is 60.7. The lowest BCUT2D eigenvalue weighted by Crippen LogP contribution is -2.21. The maximum Gasteiger partial charge on any atom is 0.276 e. The van der Waals surface area contributed by atoms with Gasteiger partial charge in [0.05, 0.1) is 21.6 Å². The first kappa shape index (κ1) is 28.9. The third-order valence-electron chi connectivity index (χ3n) is 7.08. The quantitative estimate of drug-likeness (QED) is 0.231. The Kier molecular flexibility index (Phi) is 8.79. The third kappa shape index (κ3) is 5.62. The van der Waals surface area contributed by atoms with Gasteiger partial charge in [0.15, 0.2) is 20.4 Å². The van der Waals surface area contributed by atoms with Gasteiger partial charge < -0.3 is 28.4 Å². The Morgan fingerprint density at radius 3 is 2.10 bits per heavy atom. The summed E-state index contributed by atoms with van der Waals surface area (Å²) in [6.07, 6.45) is 3.44. The maximum atomic E-state index is 13.3. The van der Waals surface area contributed by atoms with E-state index in [1.807, 2.05) is 25.1 Å². The van der Waals surface area contributed by atoms with Gasteiger partial charge in [0.2, 0.25) is 0 Å². The number of nitrogens with one attached hydrogen (secondary N) is 1. The highest BCUT2D eigenvalue weighted by molar-refractivity contribution is 7.89. The van der Waals surface area contributed by atoms with Crippen LogP contribution in [0.2, 0.25) is 0 Å². The molecule has 11 heteroatoms. The number of hydrogen-bond donors (Lipinski definition) is 1. The Balaban J connectivity index is 1.78. The average Bonchev–Trinajstić information content (AvgIpc) is 3.31. The summed E-state index contributed by atoms with van der Waals surface area (Å²) >= 11 is 0. The Morgan fingerprint density at radius 1 is 0.780 bits per heavy atom. The Bertz CT molecular complexity index is 1600. The zero-order valence-electron chi connectivity index (χ0n) is 23.6. The number of allylic oxidation sites excluding steroid dienone is 2. The molecule has 0 unspecified atom stereocenters. The van der Waals surface area contributed by atoms with Crippen LogP contribution in [0.15, 0.2) is 58.0 Å². The molecule has 0 saturated carbocycles. The van der Waals surface area contributed by atoms with E-state index in [2.05, 4.69) is 9.93 Å². The van der Waals surface area contributed by atoms with Crippen molar-refractivity contribution in [2.75, 3.05) is 41.7 Å². The molecule has 3 aromatic rings. The number of ether oxygens (including phenoxy) is 6. The molecule has 0 amide bonds. The standard InChI is InChI=1S/C30H34N2O8S/c1-19-12-14-20(15-13-19)41(33,34)32-31-28-22-9-6-5-8-21(22)26-27(28)30(40-18-37-4)25-23(29(26)39-17-36-3)10-7-11-24(25)38-16-35-2/h7,10-15,32H,5-6,8-9,16-18H2,1-4H3. The van der Waals surface area contributed by atoms with Gasteiger partial charge in [-0.15, -0.1) is 0 Å². The van der Waals surface area contributed by atoms with E-state index in [0.29, 0.717) is 33.9 Å². The number of methoxy groups -OCH3 is 3. The van der Waals surface area contributed by atoms with Crippen molar-refractivity contribution in [2.24, 2.45) is 5.10 Å². The molecule has 0 bridgehead atoms. The number of fused-ring (bicyclic) bond motifs is 3. The molecule has 3 aromatic carbocycles. The fraction of sp³-hybridized carbons (Fsp3) is 0.367. The van der Waals surface area contributed by atoms with E-state index in [1.165, 1.54) is 7.11 Å². The summed E-state index contributed by atoms with van der Waals surface area (Å²) in [5.74, 6) is 1.55. The molecule has 10 nitrogen and oxygen atoms in total. The molecule has 0 spiro atoms. The largest absolute Gasteiger partial charge is 0.467 e. The van der Waals surface area contributed by atoms with E-state index < -0.39 is 10.0 Å². The molecule has 0 saturated heterocycles. The minimum atomic E-state index is -3.94. The number of rotatable bonds is 12. The summed E-state index contributed by atoms with van der Waals surface area (Å²) in [7, 11) is 0.699. The number of sulfonamides is 1. The monoisotopic (exact) mass is 582 g/mol. The van der Waals surface area contributed by atoms with Crippen molar-refractivity contribution in [3.8, 4) is 17.2 Å². The van der Waals surface area contributed by atoms with Crippen LogP contribution in [-0.2, 0) is 24.2 Å². The predicted octanol–water partition coefficient (Wildman–Crippen LogP) is 5.12. The Labute approximate surface area is 239 Å². The molecule has 0 aliphatic heterocycles. The number of aryl methyl sites for hydroxylation is 1. The highest BCUT2D eigenvalue weighted by Gasteiger charge is 2.38. The molecular formula is C30H34N2O8S. The SMILES string of the molecule is COCOc1c2c(c(OCOC)c3c(OCOC)cccc13)C(=NNS(=O)(=O)c1ccc(C)cc1)C1=C2CCCC1. The molecule has 0 atom stereocenters. The molecule has 0 heterocycles. The molecule has 2 aliphatic rings. The van der Waals surface area contributed by atoms with Crippen LogP contribution < -0.4 is 19.0 Å². The van der Waals surface area contributed by atoms with Crippen LogP contribution in [0.1, 0.15) is 42.4 Å². The summed E-state index contributed by atoms with van der Waals surface area (Å²) in [6, 6.07) is 12.2. The number of hydrazone groups is 1. The molecule has 1 N–H and O–H groups in total. The predicted molar refractivity (Wildman–Crippen MR) is 155 cm³/mol. The van der Waals surface area contributed by atoms with Crippen molar-refractivity contribution in [1.82, 2.24) is 4.83 Å². The summed E-state index contributed by atoms with van der Waals surface area (Å²) in [6.45, 7) is 1.88. The molecule has 218 valence electrons. The average molecular weight is 583 g/mol. The van der Waals surface area contributed by atoms with Crippen molar-refractivity contribution in [3.63, 3.8) is 0 Å². The fourth-order valence-corrected chi connectivity index (χ4v) is 6.13. The van der Waals surface area contributed by atoms with Crippen molar-refractivity contribution in [2.45, 2.75) is 37.5 Å². The zero-order valence-corrected chi connectivity index (χ0v) is 24.4. The van der Waals surface area contributed by atoms with E-state index in [-0.39, 0.29) is 25.3 Å². The second kappa shape index (κ2) is 12.5. The van der Waals surface area contributed by atoms with Crippen LogP contribution in [-0.4, -0.2) is 55.8 Å². The molecule has 5 rings (SSSR count). The smallest absolute Gasteiger partial charge is 0.276 e. The molecular weight excluding hydrogens is 548 g/mol. The summed E-state index contributed by atoms with van der Waals surface area (Å²) in [4.78, 5) is 2.60. The first-order valence-corrected chi connectivity index (χ1v) is 14.8. The van der Waals surface area contributed by atoms with Gasteiger partial charge >= 0.3 is 0 Å². The molecule has 0 fully saturated rings. The first-order chi connectivity index (χ1) is 19.9. The van der Waals surface area contributed by atoms with Gasteiger partial charge in [-0.3, -0.25) is 0 Å². The lowest BCUT2D eigenvalue weighted by atomic mass is 9.90. The third-order valence-corrected chi connectivity index (χ3v) is 8.30. The van der Waals surface area contributed by atoms with Gasteiger partial charge in [0, 0.05) is 32.3 Å². The summed E-state index contributed by atoms with van der Waals surface area (Å²) in [5, 5.41) is 5.93. The van der Waals surface area contributed by atoms with Crippen LogP contribution >= 0.6 is 0 Å². The molecule has 0 radical (unpaired) electrons. The van der Waals surface area contributed by atoms with E-state index in [9.17, 15) is 8.42 Å². The van der Waals surface area contributed by atoms with E-state index in [4.69, 9.17) is 28.4 Å². The van der Waals surface area contributed by atoms with Crippen LogP contribution in [0.4, 0.5) is 0 Å². The number of nitrogens with zero attached hydrogens (tertiary/aromatic N) is 1. The molecule has 2 aliphatic carbocycles. The van der Waals surface area contributed by atoms with Gasteiger partial charge in [-0.2, -0.15) is 18.4 Å². The topological polar surface area (TPSA) is 114 Å². The van der Waals surface area contributed by atoms with Gasteiger partial charge in [0.1, 0.15) is 17.2 Å². The van der Waals surface area contributed by atoms with Gasteiger partial charge in [0.25, 0.3) is 10.0 Å². The van der Waals surface area contributed by atoms with Gasteiger partial charge in [-0.1, -0.05) is 29.8 Å². The van der Waals surface area contributed by atoms with E-state index in [0.717, 1.165) is 53.3 Å². The fourth-order valence-electron chi connectivity index (χ4n) is 5.32. The number of benzene rings is 3. The van der Waals surface area contributed by atoms with Gasteiger partial charge in [-0.05, 0) is 62.0 Å². The molecule has 0 aromatic heterocycles. The maximum absolute atomic E-state index is 13.3. The van der Waals surface area contributed by atoms with Crippen LogP contribution in [0.25, 0.3) is 16.3 Å². The lowest BCUT2D eigenvalue weighted by Gasteiger charge is -2.22. The molecule has 41 heavy (non-hydrogen) atoms. The second-order valence-electron chi connectivity index (χ2n) is 9.77. The lowest BCUT2D eigenvalue weighted by molar-refractivity contribution is 0.0472. The minimum absolute atomic E-state index is 0.0120. The number of hydrogen-bond acceptors (Lipinski definition) is 9. The Hall–Kier alpha value is -3.64. The minimum Gasteiger partial charge on any atom is -0.467 e. The van der Waals surface area contributed by atoms with Crippen LogP contribution in [0.5, 0.6) is 17.2 Å². The van der Waals surface area contributed by atoms with Crippen LogP contribution in [0.3, 0.4) is 0 Å². The van der Waals surface area contributed by atoms with Crippen molar-refractivity contribution in [1.29, 1.82) is 0 Å². The zero-order chi connectivity index (χ0) is 29.0. The van der Waals surface area contributed by atoms with E-state index in [1.54, 1.807) is 38.5 Å². The van der Waals surface area contributed by atoms with Crippen molar-refractivity contribution in [3.05, 3.63) is 64.7 Å². The van der Waals surface area contributed by atoms with Crippen molar-refractivity contribution >= 4 is 32.1 Å². The van der Waals surface area contributed by atoms with Gasteiger partial charge in [-0.25, -0.2) is 0 Å². The second-order valence-corrected chi connectivity index (χ2v) is 11.4. The highest BCUT2D eigenvalue weighted by Crippen LogP contribution is 2.54. The normalized spacial score (nSPS) is 15.7. The first-order valence-electron chi connectivity index (χ1n) is 13.3. The summed E-state index contributed by atoms with van der Waals surface area (Å²) in [5.41, 5.74) is 4.89. The Morgan fingerprint density at radius 2 is 1.41 bits per heavy atom. The highest BCUT2D eigenvalue weighted by atomic mass is 32.2. The van der Waals surface area contributed by atoms with Crippen molar-refractivity contribution < 1.29 is 36.8 Å².